The molecule has 31 heavy (non-hydrogen) atoms. The van der Waals surface area contributed by atoms with Crippen LogP contribution in [-0.4, -0.2) is 34.9 Å². The first kappa shape index (κ1) is 20.8. The maximum Gasteiger partial charge on any atom is 0.266 e. The third-order valence-electron chi connectivity index (χ3n) is 4.73. The molecule has 0 atom stereocenters. The molecule has 0 fully saturated rings. The molecule has 0 aliphatic carbocycles. The zero-order valence-electron chi connectivity index (χ0n) is 17.5. The molecule has 0 unspecified atom stereocenters. The predicted molar refractivity (Wildman–Crippen MR) is 126 cm³/mol. The minimum absolute atomic E-state index is 0.217. The minimum Gasteiger partial charge on any atom is -0.356 e. The van der Waals surface area contributed by atoms with Crippen molar-refractivity contribution in [1.29, 1.82) is 0 Å². The van der Waals surface area contributed by atoms with E-state index < -0.39 is 0 Å². The van der Waals surface area contributed by atoms with E-state index in [1.807, 2.05) is 73.6 Å². The number of nitrogens with zero attached hydrogens (tertiary/aromatic N) is 2. The van der Waals surface area contributed by atoms with Gasteiger partial charge < -0.3 is 20.5 Å². The molecular formula is C23H23N5O2S. The highest BCUT2D eigenvalue weighted by Gasteiger charge is 2.19. The van der Waals surface area contributed by atoms with E-state index in [1.165, 1.54) is 11.3 Å². The Morgan fingerprint density at radius 3 is 2.35 bits per heavy atom. The maximum absolute atomic E-state index is 12.9. The van der Waals surface area contributed by atoms with Gasteiger partial charge >= 0.3 is 0 Å². The highest BCUT2D eigenvalue weighted by atomic mass is 32.1. The van der Waals surface area contributed by atoms with Gasteiger partial charge in [0, 0.05) is 17.1 Å². The third kappa shape index (κ3) is 4.65. The number of aryl methyl sites for hydroxylation is 1. The van der Waals surface area contributed by atoms with Crippen LogP contribution in [-0.2, 0) is 6.54 Å². The summed E-state index contributed by atoms with van der Waals surface area (Å²) in [5.41, 5.74) is 3.02. The summed E-state index contributed by atoms with van der Waals surface area (Å²) in [6, 6.07) is 17.4. The Morgan fingerprint density at radius 2 is 1.68 bits per heavy atom. The fraction of sp³-hybridized carbons (Fsp3) is 0.174. The molecule has 0 spiro atoms. The van der Waals surface area contributed by atoms with Crippen molar-refractivity contribution >= 4 is 44.5 Å². The fourth-order valence-electron chi connectivity index (χ4n) is 3.29. The molecule has 2 aromatic heterocycles. The molecule has 158 valence electrons. The molecule has 0 aliphatic rings. The SMILES string of the molecule is Cc1c(C(=O)Nc2ccc(Nc3ccccc3)cc2)sc2nc(CN(C)C)[nH]c(=O)c12. The van der Waals surface area contributed by atoms with E-state index >= 15 is 0 Å². The molecule has 2 heterocycles. The van der Waals surface area contributed by atoms with Crippen molar-refractivity contribution in [2.24, 2.45) is 0 Å². The van der Waals surface area contributed by atoms with Crippen LogP contribution in [0, 0.1) is 6.92 Å². The lowest BCUT2D eigenvalue weighted by Crippen LogP contribution is -2.18. The zero-order chi connectivity index (χ0) is 22.0. The quantitative estimate of drug-likeness (QED) is 0.421. The smallest absolute Gasteiger partial charge is 0.266 e. The number of thiophene rings is 1. The van der Waals surface area contributed by atoms with Crippen LogP contribution in [0.1, 0.15) is 21.1 Å². The second-order valence-electron chi connectivity index (χ2n) is 7.51. The van der Waals surface area contributed by atoms with Gasteiger partial charge in [0.2, 0.25) is 0 Å². The van der Waals surface area contributed by atoms with E-state index in [-0.39, 0.29) is 11.5 Å². The molecule has 4 rings (SSSR count). The Labute approximate surface area is 183 Å². The lowest BCUT2D eigenvalue weighted by molar-refractivity contribution is 0.103. The number of amides is 1. The lowest BCUT2D eigenvalue weighted by Gasteiger charge is -2.08. The topological polar surface area (TPSA) is 90.1 Å². The van der Waals surface area contributed by atoms with Gasteiger partial charge in [-0.05, 0) is 63.0 Å². The monoisotopic (exact) mass is 433 g/mol. The molecule has 3 N–H and O–H groups in total. The molecular weight excluding hydrogens is 410 g/mol. The van der Waals surface area contributed by atoms with Crippen molar-refractivity contribution in [3.8, 4) is 0 Å². The third-order valence-corrected chi connectivity index (χ3v) is 5.91. The minimum atomic E-state index is -0.252. The number of aromatic amines is 1. The fourth-order valence-corrected chi connectivity index (χ4v) is 4.39. The predicted octanol–water partition coefficient (Wildman–Crippen LogP) is 4.35. The van der Waals surface area contributed by atoms with Gasteiger partial charge in [-0.25, -0.2) is 4.98 Å². The van der Waals surface area contributed by atoms with Crippen LogP contribution in [0.4, 0.5) is 17.1 Å². The first-order valence-corrected chi connectivity index (χ1v) is 10.6. The van der Waals surface area contributed by atoms with E-state index in [1.54, 1.807) is 6.92 Å². The van der Waals surface area contributed by atoms with Crippen molar-refractivity contribution in [2.45, 2.75) is 13.5 Å². The van der Waals surface area contributed by atoms with E-state index in [2.05, 4.69) is 20.6 Å². The summed E-state index contributed by atoms with van der Waals surface area (Å²) in [7, 11) is 3.81. The van der Waals surface area contributed by atoms with Crippen LogP contribution in [0.5, 0.6) is 0 Å². The molecule has 2 aromatic carbocycles. The average molecular weight is 434 g/mol. The Morgan fingerprint density at radius 1 is 1.03 bits per heavy atom. The summed E-state index contributed by atoms with van der Waals surface area (Å²) in [6.45, 7) is 2.30. The molecule has 0 radical (unpaired) electrons. The first-order valence-electron chi connectivity index (χ1n) is 9.81. The van der Waals surface area contributed by atoms with Gasteiger partial charge in [0.1, 0.15) is 10.7 Å². The Hall–Kier alpha value is -3.49. The molecule has 7 nitrogen and oxygen atoms in total. The number of anilines is 3. The number of benzene rings is 2. The molecule has 4 aromatic rings. The van der Waals surface area contributed by atoms with Crippen LogP contribution in [0.25, 0.3) is 10.2 Å². The largest absolute Gasteiger partial charge is 0.356 e. The highest BCUT2D eigenvalue weighted by Crippen LogP contribution is 2.28. The first-order chi connectivity index (χ1) is 14.9. The number of aromatic nitrogens is 2. The zero-order valence-corrected chi connectivity index (χ0v) is 18.3. The molecule has 0 saturated heterocycles. The van der Waals surface area contributed by atoms with E-state index in [0.717, 1.165) is 11.4 Å². The standard InChI is InChI=1S/C23H23N5O2S/c1-14-19-21(29)26-18(13-28(2)3)27-23(19)31-20(14)22(30)25-17-11-9-16(10-12-17)24-15-7-5-4-6-8-15/h4-12,24H,13H2,1-3H3,(H,25,30)(H,26,27,29). The molecule has 0 saturated carbocycles. The lowest BCUT2D eigenvalue weighted by atomic mass is 10.2. The van der Waals surface area contributed by atoms with Crippen molar-refractivity contribution in [3.63, 3.8) is 0 Å². The van der Waals surface area contributed by atoms with Crippen LogP contribution in [0.3, 0.4) is 0 Å². The second kappa shape index (κ2) is 8.71. The van der Waals surface area contributed by atoms with Gasteiger partial charge in [0.25, 0.3) is 11.5 Å². The Kier molecular flexibility index (Phi) is 5.83. The Balaban J connectivity index is 1.53. The van der Waals surface area contributed by atoms with Gasteiger partial charge in [-0.2, -0.15) is 0 Å². The number of hydrogen-bond acceptors (Lipinski definition) is 6. The van der Waals surface area contributed by atoms with Crippen LogP contribution < -0.4 is 16.2 Å². The van der Waals surface area contributed by atoms with Gasteiger partial charge in [0.15, 0.2) is 0 Å². The number of carbonyl (C=O) groups excluding carboxylic acids is 1. The van der Waals surface area contributed by atoms with Crippen molar-refractivity contribution in [3.05, 3.63) is 81.2 Å². The van der Waals surface area contributed by atoms with Crippen LogP contribution >= 0.6 is 11.3 Å². The van der Waals surface area contributed by atoms with E-state index in [4.69, 9.17) is 0 Å². The summed E-state index contributed by atoms with van der Waals surface area (Å²) in [5.74, 6) is 0.329. The van der Waals surface area contributed by atoms with Gasteiger partial charge in [-0.3, -0.25) is 9.59 Å². The number of carbonyl (C=O) groups is 1. The van der Waals surface area contributed by atoms with Gasteiger partial charge in [-0.15, -0.1) is 11.3 Å². The van der Waals surface area contributed by atoms with Crippen LogP contribution in [0.2, 0.25) is 0 Å². The number of para-hydroxylation sites is 1. The number of hydrogen-bond donors (Lipinski definition) is 3. The summed E-state index contributed by atoms with van der Waals surface area (Å²) in [5, 5.41) is 6.69. The van der Waals surface area contributed by atoms with Gasteiger partial charge in [-0.1, -0.05) is 18.2 Å². The van der Waals surface area contributed by atoms with Crippen molar-refractivity contribution in [1.82, 2.24) is 14.9 Å². The second-order valence-corrected chi connectivity index (χ2v) is 8.51. The van der Waals surface area contributed by atoms with Crippen molar-refractivity contribution < 1.29 is 4.79 Å². The number of H-pyrrole nitrogens is 1. The van der Waals surface area contributed by atoms with Crippen molar-refractivity contribution in [2.75, 3.05) is 24.7 Å². The Bertz CT molecular complexity index is 1280. The van der Waals surface area contributed by atoms with Crippen LogP contribution in [0.15, 0.2) is 59.4 Å². The molecule has 1 amide bonds. The van der Waals surface area contributed by atoms with Gasteiger partial charge in [0.05, 0.1) is 16.8 Å². The maximum atomic E-state index is 12.9. The average Bonchev–Trinajstić information content (AvgIpc) is 3.06. The highest BCUT2D eigenvalue weighted by molar-refractivity contribution is 7.20. The summed E-state index contributed by atoms with van der Waals surface area (Å²) >= 11 is 1.24. The normalized spacial score (nSPS) is 11.1. The molecule has 8 heteroatoms. The summed E-state index contributed by atoms with van der Waals surface area (Å²) in [4.78, 5) is 35.8. The number of nitrogens with one attached hydrogen (secondary N) is 3. The molecule has 0 bridgehead atoms. The summed E-state index contributed by atoms with van der Waals surface area (Å²) in [6.07, 6.45) is 0. The summed E-state index contributed by atoms with van der Waals surface area (Å²) < 4.78 is 0. The number of rotatable bonds is 6. The number of fused-ring (bicyclic) bond motifs is 1. The molecule has 0 aliphatic heterocycles. The van der Waals surface area contributed by atoms with E-state index in [0.29, 0.717) is 38.7 Å². The van der Waals surface area contributed by atoms with E-state index in [9.17, 15) is 9.59 Å².